The first-order valence-electron chi connectivity index (χ1n) is 4.59. The van der Waals surface area contributed by atoms with Gasteiger partial charge in [-0.25, -0.2) is 0 Å². The largest absolute Gasteiger partial charge is 0.534 e. The zero-order chi connectivity index (χ0) is 14.7. The molecule has 0 radical (unpaired) electrons. The summed E-state index contributed by atoms with van der Waals surface area (Å²) in [5, 5.41) is 0.0637. The third kappa shape index (κ3) is 4.15. The Hall–Kier alpha value is -1.19. The lowest BCUT2D eigenvalue weighted by Gasteiger charge is -2.11. The van der Waals surface area contributed by atoms with Crippen LogP contribution in [0.5, 0.6) is 11.5 Å². The third-order valence-electron chi connectivity index (χ3n) is 1.72. The van der Waals surface area contributed by atoms with E-state index in [9.17, 15) is 21.6 Å². The van der Waals surface area contributed by atoms with Crippen molar-refractivity contribution in [1.82, 2.24) is 0 Å². The first-order valence-corrected chi connectivity index (χ1v) is 6.38. The lowest BCUT2D eigenvalue weighted by Crippen LogP contribution is -2.28. The van der Waals surface area contributed by atoms with Gasteiger partial charge in [0.15, 0.2) is 6.79 Å². The van der Waals surface area contributed by atoms with E-state index in [4.69, 9.17) is 16.3 Å². The van der Waals surface area contributed by atoms with Crippen molar-refractivity contribution >= 4 is 21.7 Å². The zero-order valence-electron chi connectivity index (χ0n) is 9.40. The smallest absolute Gasteiger partial charge is 0.466 e. The first kappa shape index (κ1) is 15.9. The molecule has 0 heterocycles. The lowest BCUT2D eigenvalue weighted by atomic mass is 10.3. The molecule has 0 bridgehead atoms. The van der Waals surface area contributed by atoms with Crippen LogP contribution in [0.25, 0.3) is 0 Å². The van der Waals surface area contributed by atoms with Crippen molar-refractivity contribution in [2.24, 2.45) is 0 Å². The topological polar surface area (TPSA) is 61.8 Å². The lowest BCUT2D eigenvalue weighted by molar-refractivity contribution is -0.0500. The normalized spacial score (nSPS) is 12.3. The Labute approximate surface area is 112 Å². The predicted molar refractivity (Wildman–Crippen MR) is 59.6 cm³/mol. The highest BCUT2D eigenvalue weighted by Crippen LogP contribution is 2.32. The van der Waals surface area contributed by atoms with Gasteiger partial charge in [0.1, 0.15) is 11.5 Å². The van der Waals surface area contributed by atoms with Gasteiger partial charge in [0.05, 0.1) is 5.02 Å². The van der Waals surface area contributed by atoms with Gasteiger partial charge in [0, 0.05) is 13.2 Å². The molecule has 0 spiro atoms. The molecule has 1 aromatic carbocycles. The molecule has 108 valence electrons. The average molecular weight is 321 g/mol. The van der Waals surface area contributed by atoms with Gasteiger partial charge in [-0.1, -0.05) is 11.6 Å². The Morgan fingerprint density at radius 1 is 1.32 bits per heavy atom. The molecule has 0 fully saturated rings. The van der Waals surface area contributed by atoms with E-state index in [1.54, 1.807) is 0 Å². The highest BCUT2D eigenvalue weighted by molar-refractivity contribution is 7.88. The van der Waals surface area contributed by atoms with Gasteiger partial charge < -0.3 is 13.7 Å². The van der Waals surface area contributed by atoms with E-state index in [1.165, 1.54) is 7.11 Å². The van der Waals surface area contributed by atoms with Crippen molar-refractivity contribution < 1.29 is 35.2 Å². The van der Waals surface area contributed by atoms with E-state index in [1.807, 2.05) is 0 Å². The summed E-state index contributed by atoms with van der Waals surface area (Å²) in [6.07, 6.45) is 0. The van der Waals surface area contributed by atoms with Crippen molar-refractivity contribution in [3.8, 4) is 11.5 Å². The van der Waals surface area contributed by atoms with E-state index in [-0.39, 0.29) is 17.6 Å². The minimum atomic E-state index is -5.73. The Kier molecular flexibility index (Phi) is 4.88. The molecule has 5 nitrogen and oxygen atoms in total. The van der Waals surface area contributed by atoms with Crippen LogP contribution in [0, 0.1) is 0 Å². The number of alkyl halides is 3. The van der Waals surface area contributed by atoms with Crippen molar-refractivity contribution in [3.63, 3.8) is 0 Å². The van der Waals surface area contributed by atoms with Crippen molar-refractivity contribution in [2.75, 3.05) is 13.9 Å². The molecule has 0 aliphatic rings. The maximum Gasteiger partial charge on any atom is 0.534 e. The number of benzene rings is 1. The van der Waals surface area contributed by atoms with Crippen LogP contribution in [-0.4, -0.2) is 27.8 Å². The van der Waals surface area contributed by atoms with Crippen molar-refractivity contribution in [1.29, 1.82) is 0 Å². The van der Waals surface area contributed by atoms with Crippen LogP contribution < -0.4 is 8.92 Å². The number of methoxy groups -OCH3 is 1. The van der Waals surface area contributed by atoms with Gasteiger partial charge in [-0.15, -0.1) is 0 Å². The standard InChI is InChI=1S/C9H8ClF3O5S/c1-16-5-17-8-4-6(2-3-7(8)10)18-19(14,15)9(11,12)13/h2-4H,5H2,1H3. The Balaban J connectivity index is 2.98. The fourth-order valence-corrected chi connectivity index (χ4v) is 1.57. The van der Waals surface area contributed by atoms with Gasteiger partial charge in [-0.05, 0) is 12.1 Å². The molecule has 0 N–H and O–H groups in total. The minimum absolute atomic E-state index is 0.0637. The first-order chi connectivity index (χ1) is 8.67. The van der Waals surface area contributed by atoms with Gasteiger partial charge in [0.2, 0.25) is 0 Å². The molecule has 10 heteroatoms. The number of hydrogen-bond acceptors (Lipinski definition) is 5. The van der Waals surface area contributed by atoms with Crippen LogP contribution >= 0.6 is 11.6 Å². The summed E-state index contributed by atoms with van der Waals surface area (Å²) in [6.45, 7) is -0.213. The fourth-order valence-electron chi connectivity index (χ4n) is 0.942. The fraction of sp³-hybridized carbons (Fsp3) is 0.333. The maximum atomic E-state index is 12.1. The van der Waals surface area contributed by atoms with Crippen molar-refractivity contribution in [2.45, 2.75) is 5.51 Å². The summed E-state index contributed by atoms with van der Waals surface area (Å²) < 4.78 is 71.3. The summed E-state index contributed by atoms with van der Waals surface area (Å²) in [5.41, 5.74) is -5.51. The summed E-state index contributed by atoms with van der Waals surface area (Å²) in [7, 11) is -4.41. The molecule has 1 aromatic rings. The molecular formula is C9H8ClF3O5S. The highest BCUT2D eigenvalue weighted by atomic mass is 35.5. The van der Waals surface area contributed by atoms with Crippen LogP contribution in [0.15, 0.2) is 18.2 Å². The second kappa shape index (κ2) is 5.85. The number of hydrogen-bond donors (Lipinski definition) is 0. The molecule has 0 saturated heterocycles. The van der Waals surface area contributed by atoms with E-state index in [0.29, 0.717) is 0 Å². The van der Waals surface area contributed by atoms with Gasteiger partial charge in [-0.2, -0.15) is 21.6 Å². The summed E-state index contributed by atoms with van der Waals surface area (Å²) in [4.78, 5) is 0. The van der Waals surface area contributed by atoms with Crippen LogP contribution in [0.2, 0.25) is 5.02 Å². The predicted octanol–water partition coefficient (Wildman–Crippen LogP) is 2.55. The minimum Gasteiger partial charge on any atom is -0.466 e. The second-order valence-electron chi connectivity index (χ2n) is 3.13. The van der Waals surface area contributed by atoms with Crippen molar-refractivity contribution in [3.05, 3.63) is 23.2 Å². The molecule has 0 aliphatic carbocycles. The monoisotopic (exact) mass is 320 g/mol. The molecule has 0 atom stereocenters. The summed E-state index contributed by atoms with van der Waals surface area (Å²) in [6, 6.07) is 3.00. The van der Waals surface area contributed by atoms with Crippen LogP contribution in [-0.2, 0) is 14.9 Å². The van der Waals surface area contributed by atoms with E-state index >= 15 is 0 Å². The number of rotatable bonds is 5. The second-order valence-corrected chi connectivity index (χ2v) is 5.07. The van der Waals surface area contributed by atoms with Crippen LogP contribution in [0.4, 0.5) is 13.2 Å². The average Bonchev–Trinajstić information content (AvgIpc) is 2.28. The number of halogens is 4. The molecule has 0 unspecified atom stereocenters. The van der Waals surface area contributed by atoms with Gasteiger partial charge in [-0.3, -0.25) is 0 Å². The number of ether oxygens (including phenoxy) is 2. The summed E-state index contributed by atoms with van der Waals surface area (Å²) in [5.74, 6) is -0.647. The quantitative estimate of drug-likeness (QED) is 0.474. The van der Waals surface area contributed by atoms with Gasteiger partial charge in [0.25, 0.3) is 0 Å². The molecule has 0 aromatic heterocycles. The molecular weight excluding hydrogens is 313 g/mol. The Bertz CT molecular complexity index is 543. The van der Waals surface area contributed by atoms with Crippen LogP contribution in [0.3, 0.4) is 0 Å². The van der Waals surface area contributed by atoms with E-state index in [0.717, 1.165) is 18.2 Å². The van der Waals surface area contributed by atoms with Crippen LogP contribution in [0.1, 0.15) is 0 Å². The van der Waals surface area contributed by atoms with E-state index in [2.05, 4.69) is 8.92 Å². The zero-order valence-corrected chi connectivity index (χ0v) is 11.0. The van der Waals surface area contributed by atoms with Gasteiger partial charge >= 0.3 is 15.6 Å². The molecule has 19 heavy (non-hydrogen) atoms. The van der Waals surface area contributed by atoms with E-state index < -0.39 is 21.4 Å². The summed E-state index contributed by atoms with van der Waals surface area (Å²) >= 11 is 5.69. The SMILES string of the molecule is COCOc1cc(OS(=O)(=O)C(F)(F)F)ccc1Cl. The molecule has 0 amide bonds. The molecule has 0 saturated carbocycles. The molecule has 0 aliphatic heterocycles. The molecule has 1 rings (SSSR count). The Morgan fingerprint density at radius 3 is 2.47 bits per heavy atom. The third-order valence-corrected chi connectivity index (χ3v) is 3.02. The highest BCUT2D eigenvalue weighted by Gasteiger charge is 2.48. The Morgan fingerprint density at radius 2 is 1.95 bits per heavy atom. The maximum absolute atomic E-state index is 12.1.